The molecule has 2 bridgehead atoms. The number of carbonyl (C=O) groups excluding carboxylic acids is 1. The van der Waals surface area contributed by atoms with Crippen LogP contribution in [-0.2, 0) is 11.2 Å². The van der Waals surface area contributed by atoms with Gasteiger partial charge in [0.25, 0.3) is 0 Å². The van der Waals surface area contributed by atoms with Crippen LogP contribution in [0.3, 0.4) is 0 Å². The summed E-state index contributed by atoms with van der Waals surface area (Å²) in [4.78, 5) is 14.3. The maximum Gasteiger partial charge on any atom is 0.137 e. The molecule has 19 heavy (non-hydrogen) atoms. The summed E-state index contributed by atoms with van der Waals surface area (Å²) in [6, 6.07) is 9.93. The number of hydrogen-bond acceptors (Lipinski definition) is 2. The minimum atomic E-state index is 0.456. The second-order valence-electron chi connectivity index (χ2n) is 6.01. The zero-order valence-corrected chi connectivity index (χ0v) is 11.8. The van der Waals surface area contributed by atoms with Crippen molar-refractivity contribution in [2.24, 2.45) is 0 Å². The third-order valence-electron chi connectivity index (χ3n) is 4.56. The average molecular weight is 257 g/mol. The summed E-state index contributed by atoms with van der Waals surface area (Å²) in [5, 5.41) is 0. The van der Waals surface area contributed by atoms with E-state index in [-0.39, 0.29) is 0 Å². The van der Waals surface area contributed by atoms with Gasteiger partial charge in [-0.1, -0.05) is 25.5 Å². The van der Waals surface area contributed by atoms with Gasteiger partial charge in [0.15, 0.2) is 0 Å². The zero-order valence-electron chi connectivity index (χ0n) is 11.8. The first-order chi connectivity index (χ1) is 9.28. The Morgan fingerprint density at radius 3 is 2.32 bits per heavy atom. The summed E-state index contributed by atoms with van der Waals surface area (Å²) in [5.41, 5.74) is 2.74. The maximum atomic E-state index is 11.8. The fraction of sp³-hybridized carbons (Fsp3) is 0.588. The van der Waals surface area contributed by atoms with Crippen molar-refractivity contribution in [3.8, 4) is 0 Å². The zero-order chi connectivity index (χ0) is 13.2. The number of ketones is 1. The first kappa shape index (κ1) is 12.7. The van der Waals surface area contributed by atoms with E-state index in [9.17, 15) is 4.79 Å². The van der Waals surface area contributed by atoms with Crippen molar-refractivity contribution in [1.82, 2.24) is 0 Å². The van der Waals surface area contributed by atoms with Gasteiger partial charge in [-0.2, -0.15) is 0 Å². The van der Waals surface area contributed by atoms with Gasteiger partial charge in [0, 0.05) is 30.6 Å². The predicted molar refractivity (Wildman–Crippen MR) is 78.6 cm³/mol. The van der Waals surface area contributed by atoms with E-state index in [1.165, 1.54) is 36.9 Å². The monoisotopic (exact) mass is 257 g/mol. The predicted octanol–water partition coefficient (Wildman–Crippen LogP) is 3.73. The van der Waals surface area contributed by atoms with Gasteiger partial charge in [0.05, 0.1) is 0 Å². The van der Waals surface area contributed by atoms with Gasteiger partial charge in [-0.3, -0.25) is 4.79 Å². The van der Waals surface area contributed by atoms with Gasteiger partial charge in [0.1, 0.15) is 5.78 Å². The number of hydrogen-bond donors (Lipinski definition) is 0. The van der Waals surface area contributed by atoms with Gasteiger partial charge < -0.3 is 4.90 Å². The van der Waals surface area contributed by atoms with Gasteiger partial charge >= 0.3 is 0 Å². The van der Waals surface area contributed by atoms with Crippen LogP contribution in [-0.4, -0.2) is 17.9 Å². The van der Waals surface area contributed by atoms with Crippen LogP contribution in [0.25, 0.3) is 0 Å². The van der Waals surface area contributed by atoms with Gasteiger partial charge in [-0.05, 0) is 43.4 Å². The molecule has 1 aromatic rings. The molecule has 2 saturated heterocycles. The van der Waals surface area contributed by atoms with Crippen molar-refractivity contribution >= 4 is 11.5 Å². The Bertz CT molecular complexity index is 435. The Morgan fingerprint density at radius 2 is 1.74 bits per heavy atom. The third kappa shape index (κ3) is 2.54. The average Bonchev–Trinajstić information content (AvgIpc) is 2.39. The number of rotatable bonds is 3. The molecule has 2 heteroatoms. The minimum Gasteiger partial charge on any atom is -0.365 e. The van der Waals surface area contributed by atoms with Crippen LogP contribution in [0, 0.1) is 0 Å². The molecular weight excluding hydrogens is 234 g/mol. The Kier molecular flexibility index (Phi) is 3.58. The van der Waals surface area contributed by atoms with Crippen LogP contribution in [0.5, 0.6) is 0 Å². The Hall–Kier alpha value is -1.31. The van der Waals surface area contributed by atoms with E-state index in [4.69, 9.17) is 0 Å². The summed E-state index contributed by atoms with van der Waals surface area (Å²) in [7, 11) is 0. The molecule has 2 fully saturated rings. The fourth-order valence-electron chi connectivity index (χ4n) is 3.72. The molecule has 2 unspecified atom stereocenters. The van der Waals surface area contributed by atoms with Crippen LogP contribution in [0.4, 0.5) is 5.69 Å². The van der Waals surface area contributed by atoms with Crippen molar-refractivity contribution in [1.29, 1.82) is 0 Å². The second-order valence-corrected chi connectivity index (χ2v) is 6.01. The number of anilines is 1. The molecule has 0 N–H and O–H groups in total. The summed E-state index contributed by atoms with van der Waals surface area (Å²) in [6.07, 6.45) is 7.51. The molecule has 0 saturated carbocycles. The van der Waals surface area contributed by atoms with E-state index in [1.54, 1.807) is 0 Å². The van der Waals surface area contributed by atoms with Crippen LogP contribution < -0.4 is 4.90 Å². The van der Waals surface area contributed by atoms with Crippen LogP contribution >= 0.6 is 0 Å². The molecule has 102 valence electrons. The third-order valence-corrected chi connectivity index (χ3v) is 4.56. The molecule has 0 radical (unpaired) electrons. The lowest BCUT2D eigenvalue weighted by atomic mass is 9.83. The molecule has 2 heterocycles. The highest BCUT2D eigenvalue weighted by molar-refractivity contribution is 5.82. The van der Waals surface area contributed by atoms with Gasteiger partial charge in [-0.15, -0.1) is 0 Å². The van der Waals surface area contributed by atoms with E-state index in [0.717, 1.165) is 19.3 Å². The highest BCUT2D eigenvalue weighted by Gasteiger charge is 2.37. The van der Waals surface area contributed by atoms with E-state index >= 15 is 0 Å². The lowest BCUT2D eigenvalue weighted by molar-refractivity contribution is -0.121. The van der Waals surface area contributed by atoms with Gasteiger partial charge in [0.2, 0.25) is 0 Å². The Labute approximate surface area is 115 Å². The molecule has 2 nitrogen and oxygen atoms in total. The topological polar surface area (TPSA) is 20.3 Å². The van der Waals surface area contributed by atoms with Gasteiger partial charge in [-0.25, -0.2) is 0 Å². The van der Waals surface area contributed by atoms with Crippen molar-refractivity contribution in [3.05, 3.63) is 29.8 Å². The number of piperidine rings is 2. The number of aryl methyl sites for hydroxylation is 1. The highest BCUT2D eigenvalue weighted by atomic mass is 16.1. The van der Waals surface area contributed by atoms with Crippen molar-refractivity contribution < 1.29 is 4.79 Å². The number of nitrogens with zero attached hydrogens (tertiary/aromatic N) is 1. The van der Waals surface area contributed by atoms with Crippen molar-refractivity contribution in [2.45, 2.75) is 64.0 Å². The summed E-state index contributed by atoms with van der Waals surface area (Å²) in [5.74, 6) is 0.466. The molecule has 1 aromatic carbocycles. The first-order valence-electron chi connectivity index (χ1n) is 7.67. The van der Waals surface area contributed by atoms with E-state index < -0.39 is 0 Å². The molecule has 2 aliphatic rings. The van der Waals surface area contributed by atoms with Crippen molar-refractivity contribution in [3.63, 3.8) is 0 Å². The SMILES string of the molecule is CCCc1ccc(N2C3CCCC2CC(=O)C3)cc1. The number of carbonyl (C=O) groups is 1. The fourth-order valence-corrected chi connectivity index (χ4v) is 3.72. The van der Waals surface area contributed by atoms with E-state index in [2.05, 4.69) is 36.1 Å². The lowest BCUT2D eigenvalue weighted by Crippen LogP contribution is -2.52. The standard InChI is InChI=1S/C17H23NO/c1-2-4-13-7-9-14(10-8-13)18-15-5-3-6-16(18)12-17(19)11-15/h7-10,15-16H,2-6,11-12H2,1H3. The normalized spacial score (nSPS) is 26.6. The maximum absolute atomic E-state index is 11.8. The molecule has 2 aliphatic heterocycles. The van der Waals surface area contributed by atoms with Crippen molar-refractivity contribution in [2.75, 3.05) is 4.90 Å². The van der Waals surface area contributed by atoms with Crippen LogP contribution in [0.15, 0.2) is 24.3 Å². The van der Waals surface area contributed by atoms with Crippen LogP contribution in [0.1, 0.15) is 51.0 Å². The molecule has 2 atom stereocenters. The lowest BCUT2D eigenvalue weighted by Gasteiger charge is -2.47. The molecular formula is C17H23NO. The smallest absolute Gasteiger partial charge is 0.137 e. The minimum absolute atomic E-state index is 0.456. The quantitative estimate of drug-likeness (QED) is 0.822. The summed E-state index contributed by atoms with van der Waals surface area (Å²) < 4.78 is 0. The molecule has 0 aliphatic carbocycles. The highest BCUT2D eigenvalue weighted by Crippen LogP contribution is 2.36. The second kappa shape index (κ2) is 5.36. The molecule has 3 rings (SSSR count). The largest absolute Gasteiger partial charge is 0.365 e. The number of fused-ring (bicyclic) bond motifs is 2. The van der Waals surface area contributed by atoms with Crippen LogP contribution in [0.2, 0.25) is 0 Å². The Morgan fingerprint density at radius 1 is 1.11 bits per heavy atom. The van der Waals surface area contributed by atoms with E-state index in [0.29, 0.717) is 17.9 Å². The number of benzene rings is 1. The first-order valence-corrected chi connectivity index (χ1v) is 7.67. The Balaban J connectivity index is 1.82. The summed E-state index contributed by atoms with van der Waals surface area (Å²) >= 11 is 0. The van der Waals surface area contributed by atoms with E-state index in [1.807, 2.05) is 0 Å². The molecule has 0 spiro atoms. The molecule has 0 aromatic heterocycles. The number of Topliss-reactive ketones (excluding diaryl/α,β-unsaturated/α-hetero) is 1. The summed E-state index contributed by atoms with van der Waals surface area (Å²) in [6.45, 7) is 2.22. The molecule has 0 amide bonds.